The van der Waals surface area contributed by atoms with Gasteiger partial charge in [0.2, 0.25) is 0 Å². The Bertz CT molecular complexity index is 104. The van der Waals surface area contributed by atoms with Crippen LogP contribution in [0.15, 0.2) is 24.3 Å². The molecule has 69 valence electrons. The van der Waals surface area contributed by atoms with Gasteiger partial charge in [-0.25, -0.2) is 0 Å². The average Bonchev–Trinajstić information content (AvgIpc) is 2.10. The van der Waals surface area contributed by atoms with Crippen molar-refractivity contribution < 1.29 is 0 Å². The zero-order chi connectivity index (χ0) is 9.07. The third kappa shape index (κ3) is 9.48. The first-order valence-corrected chi connectivity index (χ1v) is 4.97. The molecule has 0 aromatic rings. The van der Waals surface area contributed by atoms with E-state index in [2.05, 4.69) is 32.1 Å². The van der Waals surface area contributed by atoms with Crippen molar-refractivity contribution in [2.24, 2.45) is 0 Å². The third-order valence-corrected chi connectivity index (χ3v) is 1.89. The molecule has 12 heavy (non-hydrogen) atoms. The second kappa shape index (κ2) is 10.5. The normalized spacial score (nSPS) is 11.8. The maximum atomic E-state index is 3.65. The second-order valence-electron chi connectivity index (χ2n) is 3.03. The first kappa shape index (κ1) is 11.5. The van der Waals surface area contributed by atoms with E-state index in [4.69, 9.17) is 0 Å². The number of allylic oxidation sites excluding steroid dienone is 4. The predicted octanol–water partition coefficient (Wildman–Crippen LogP) is 4.29. The van der Waals surface area contributed by atoms with E-state index < -0.39 is 0 Å². The molecule has 0 heteroatoms. The molecule has 0 rings (SSSR count). The Morgan fingerprint density at radius 3 is 2.00 bits per heavy atom. The maximum Gasteiger partial charge on any atom is -0.0316 e. The number of hydrogen-bond acceptors (Lipinski definition) is 0. The number of rotatable bonds is 7. The van der Waals surface area contributed by atoms with E-state index >= 15 is 0 Å². The lowest BCUT2D eigenvalue weighted by molar-refractivity contribution is 0.652. The summed E-state index contributed by atoms with van der Waals surface area (Å²) in [7, 11) is 0. The number of hydrogen-bond donors (Lipinski definition) is 0. The van der Waals surface area contributed by atoms with Crippen LogP contribution in [0.3, 0.4) is 0 Å². The van der Waals surface area contributed by atoms with Crippen LogP contribution in [0, 0.1) is 6.92 Å². The van der Waals surface area contributed by atoms with Gasteiger partial charge in [0.25, 0.3) is 0 Å². The molecule has 0 aliphatic carbocycles. The van der Waals surface area contributed by atoms with Gasteiger partial charge in [-0.1, -0.05) is 37.1 Å². The second-order valence-corrected chi connectivity index (χ2v) is 3.03. The molecule has 0 N–H and O–H groups in total. The summed E-state index contributed by atoms with van der Waals surface area (Å²) in [4.78, 5) is 0. The van der Waals surface area contributed by atoms with Crippen molar-refractivity contribution in [2.75, 3.05) is 0 Å². The van der Waals surface area contributed by atoms with Crippen LogP contribution in [0.2, 0.25) is 0 Å². The van der Waals surface area contributed by atoms with Gasteiger partial charge in [-0.3, -0.25) is 0 Å². The molecule has 0 heterocycles. The SMILES string of the molecule is [CH2]C=CCCCCCCC=CC. The van der Waals surface area contributed by atoms with Crippen LogP contribution in [-0.2, 0) is 0 Å². The molecule has 0 nitrogen and oxygen atoms in total. The van der Waals surface area contributed by atoms with Gasteiger partial charge in [0.1, 0.15) is 0 Å². The lowest BCUT2D eigenvalue weighted by atomic mass is 10.1. The van der Waals surface area contributed by atoms with Crippen LogP contribution >= 0.6 is 0 Å². The van der Waals surface area contributed by atoms with Gasteiger partial charge in [-0.15, -0.1) is 0 Å². The summed E-state index contributed by atoms with van der Waals surface area (Å²) in [6.07, 6.45) is 16.3. The van der Waals surface area contributed by atoms with Crippen molar-refractivity contribution in [3.63, 3.8) is 0 Å². The molecule has 0 aliphatic rings. The predicted molar refractivity (Wildman–Crippen MR) is 57.0 cm³/mol. The highest BCUT2D eigenvalue weighted by Crippen LogP contribution is 2.05. The molecule has 0 spiro atoms. The van der Waals surface area contributed by atoms with Gasteiger partial charge in [0, 0.05) is 0 Å². The molecule has 0 aromatic carbocycles. The topological polar surface area (TPSA) is 0 Å². The highest BCUT2D eigenvalue weighted by atomic mass is 13.9. The summed E-state index contributed by atoms with van der Waals surface area (Å²) in [5.74, 6) is 0. The smallest absolute Gasteiger partial charge is 0.0316 e. The van der Waals surface area contributed by atoms with Gasteiger partial charge < -0.3 is 0 Å². The first-order valence-electron chi connectivity index (χ1n) is 4.97. The molecule has 0 saturated heterocycles. The summed E-state index contributed by atoms with van der Waals surface area (Å²) in [6, 6.07) is 0. The fraction of sp³-hybridized carbons (Fsp3) is 0.583. The van der Waals surface area contributed by atoms with Crippen molar-refractivity contribution >= 4 is 0 Å². The fourth-order valence-corrected chi connectivity index (χ4v) is 1.16. The molecule has 0 fully saturated rings. The minimum absolute atomic E-state index is 1.20. The lowest BCUT2D eigenvalue weighted by Crippen LogP contribution is -1.76. The Labute approximate surface area is 77.4 Å². The van der Waals surface area contributed by atoms with Crippen molar-refractivity contribution in [2.45, 2.75) is 45.4 Å². The molecule has 0 aromatic heterocycles. The van der Waals surface area contributed by atoms with Crippen molar-refractivity contribution in [3.8, 4) is 0 Å². The molecular weight excluding hydrogens is 144 g/mol. The van der Waals surface area contributed by atoms with Crippen LogP contribution in [0.4, 0.5) is 0 Å². The van der Waals surface area contributed by atoms with Gasteiger partial charge in [0.05, 0.1) is 0 Å². The van der Waals surface area contributed by atoms with Gasteiger partial charge in [-0.2, -0.15) is 0 Å². The Morgan fingerprint density at radius 2 is 1.50 bits per heavy atom. The molecule has 0 amide bonds. The summed E-state index contributed by atoms with van der Waals surface area (Å²) in [6.45, 7) is 5.74. The zero-order valence-electron chi connectivity index (χ0n) is 8.26. The summed E-state index contributed by atoms with van der Waals surface area (Å²) < 4.78 is 0. The summed E-state index contributed by atoms with van der Waals surface area (Å²) in [5.41, 5.74) is 0. The minimum Gasteiger partial charge on any atom is -0.0917 e. The Balaban J connectivity index is 2.91. The highest BCUT2D eigenvalue weighted by Gasteiger charge is 1.86. The van der Waals surface area contributed by atoms with E-state index in [1.807, 2.05) is 6.08 Å². The van der Waals surface area contributed by atoms with E-state index in [0.717, 1.165) is 0 Å². The Kier molecular flexibility index (Phi) is 10.0. The van der Waals surface area contributed by atoms with Crippen molar-refractivity contribution in [1.29, 1.82) is 0 Å². The third-order valence-electron chi connectivity index (χ3n) is 1.89. The molecule has 1 radical (unpaired) electrons. The van der Waals surface area contributed by atoms with E-state index in [-0.39, 0.29) is 0 Å². The zero-order valence-corrected chi connectivity index (χ0v) is 8.26. The minimum atomic E-state index is 1.20. The molecular formula is C12H21. The molecule has 0 bridgehead atoms. The van der Waals surface area contributed by atoms with E-state index in [0.29, 0.717) is 0 Å². The standard InChI is InChI=1S/C12H21/c1-3-5-7-9-11-12-10-8-6-4-2/h3-6H,1,7-12H2,2H3. The van der Waals surface area contributed by atoms with Crippen molar-refractivity contribution in [1.82, 2.24) is 0 Å². The van der Waals surface area contributed by atoms with Gasteiger partial charge in [0.15, 0.2) is 0 Å². The Morgan fingerprint density at radius 1 is 0.917 bits per heavy atom. The van der Waals surface area contributed by atoms with Crippen LogP contribution in [-0.4, -0.2) is 0 Å². The maximum absolute atomic E-state index is 3.65. The quantitative estimate of drug-likeness (QED) is 0.390. The van der Waals surface area contributed by atoms with Crippen LogP contribution in [0.5, 0.6) is 0 Å². The largest absolute Gasteiger partial charge is 0.0917 e. The molecule has 0 unspecified atom stereocenters. The highest BCUT2D eigenvalue weighted by molar-refractivity contribution is 4.83. The average molecular weight is 165 g/mol. The first-order chi connectivity index (χ1) is 5.91. The van der Waals surface area contributed by atoms with Gasteiger partial charge in [-0.05, 0) is 39.5 Å². The molecule has 0 saturated carbocycles. The van der Waals surface area contributed by atoms with Crippen LogP contribution < -0.4 is 0 Å². The van der Waals surface area contributed by atoms with E-state index in [9.17, 15) is 0 Å². The monoisotopic (exact) mass is 165 g/mol. The van der Waals surface area contributed by atoms with Gasteiger partial charge >= 0.3 is 0 Å². The Hall–Kier alpha value is -0.520. The van der Waals surface area contributed by atoms with E-state index in [1.165, 1.54) is 38.5 Å². The number of unbranched alkanes of at least 4 members (excludes halogenated alkanes) is 5. The lowest BCUT2D eigenvalue weighted by Gasteiger charge is -1.96. The molecule has 0 aliphatic heterocycles. The van der Waals surface area contributed by atoms with Crippen LogP contribution in [0.25, 0.3) is 0 Å². The fourth-order valence-electron chi connectivity index (χ4n) is 1.16. The van der Waals surface area contributed by atoms with E-state index in [1.54, 1.807) is 0 Å². The molecule has 0 atom stereocenters. The van der Waals surface area contributed by atoms with Crippen molar-refractivity contribution in [3.05, 3.63) is 31.2 Å². The summed E-state index contributed by atoms with van der Waals surface area (Å²) in [5, 5.41) is 0. The summed E-state index contributed by atoms with van der Waals surface area (Å²) >= 11 is 0. The van der Waals surface area contributed by atoms with Crippen LogP contribution in [0.1, 0.15) is 45.4 Å².